The number of aliphatic carboxylic acids is 1. The van der Waals surface area contributed by atoms with Gasteiger partial charge >= 0.3 is 53.8 Å². The van der Waals surface area contributed by atoms with Gasteiger partial charge in [-0.05, 0) is 0 Å². The molecule has 0 aromatic heterocycles. The topological polar surface area (TPSA) is 49.4 Å². The maximum absolute atomic E-state index is 9.72. The maximum atomic E-state index is 9.72. The van der Waals surface area contributed by atoms with Crippen molar-refractivity contribution in [3.63, 3.8) is 0 Å². The summed E-state index contributed by atoms with van der Waals surface area (Å²) in [5.41, 5.74) is 0. The average molecular weight is 182 g/mol. The molecule has 0 radical (unpaired) electrons. The molecular weight excluding hydrogens is 175 g/mol. The Morgan fingerprint density at radius 3 is 2.88 bits per heavy atom. The standard InChI is InChI=1S/C4H8O3Se/c1-7-8-3-2-4(5)6/h2-3H2,1H3,(H,5,6)/p-1. The summed E-state index contributed by atoms with van der Waals surface area (Å²) in [7, 11) is 1.56. The number of rotatable bonds is 4. The summed E-state index contributed by atoms with van der Waals surface area (Å²) < 4.78 is 4.66. The van der Waals surface area contributed by atoms with Crippen LogP contribution in [0.4, 0.5) is 0 Å². The molecule has 0 saturated heterocycles. The summed E-state index contributed by atoms with van der Waals surface area (Å²) in [4.78, 5) is 9.72. The molecule has 3 nitrogen and oxygen atoms in total. The SMILES string of the molecule is CO[Se]CCC(=O)[O-]. The Bertz CT molecular complexity index is 73.7. The van der Waals surface area contributed by atoms with Crippen LogP contribution in [-0.2, 0) is 8.61 Å². The molecule has 4 heteroatoms. The van der Waals surface area contributed by atoms with Gasteiger partial charge in [0, 0.05) is 0 Å². The fourth-order valence-electron chi connectivity index (χ4n) is 0.208. The minimum absolute atomic E-state index is 0.0278. The average Bonchev–Trinajstić information content (AvgIpc) is 1.66. The van der Waals surface area contributed by atoms with E-state index in [9.17, 15) is 9.90 Å². The Kier molecular flexibility index (Phi) is 5.06. The second-order valence-electron chi connectivity index (χ2n) is 1.11. The number of hydrogen-bond acceptors (Lipinski definition) is 3. The molecule has 0 fully saturated rings. The van der Waals surface area contributed by atoms with Crippen LogP contribution in [0.25, 0.3) is 0 Å². The molecule has 8 heavy (non-hydrogen) atoms. The number of hydrogen-bond donors (Lipinski definition) is 0. The monoisotopic (exact) mass is 183 g/mol. The van der Waals surface area contributed by atoms with Gasteiger partial charge in [-0.25, -0.2) is 0 Å². The van der Waals surface area contributed by atoms with Gasteiger partial charge in [0.1, 0.15) is 0 Å². The van der Waals surface area contributed by atoms with Gasteiger partial charge in [-0.15, -0.1) is 0 Å². The molecule has 0 atom stereocenters. The molecule has 0 aliphatic carbocycles. The van der Waals surface area contributed by atoms with E-state index in [0.717, 1.165) is 0 Å². The summed E-state index contributed by atoms with van der Waals surface area (Å²) in [5.74, 6) is -0.996. The van der Waals surface area contributed by atoms with Gasteiger partial charge in [0.15, 0.2) is 0 Å². The van der Waals surface area contributed by atoms with Gasteiger partial charge in [0.2, 0.25) is 0 Å². The van der Waals surface area contributed by atoms with Crippen LogP contribution in [0.1, 0.15) is 6.42 Å². The van der Waals surface area contributed by atoms with E-state index < -0.39 is 5.97 Å². The van der Waals surface area contributed by atoms with Gasteiger partial charge in [-0.2, -0.15) is 0 Å². The number of carboxylic acid groups (broad SMARTS) is 1. The number of carbonyl (C=O) groups is 1. The van der Waals surface area contributed by atoms with Crippen molar-refractivity contribution in [3.05, 3.63) is 0 Å². The third kappa shape index (κ3) is 5.95. The van der Waals surface area contributed by atoms with Crippen LogP contribution in [0.2, 0.25) is 5.32 Å². The van der Waals surface area contributed by atoms with Gasteiger partial charge in [0.25, 0.3) is 0 Å². The van der Waals surface area contributed by atoms with Crippen LogP contribution >= 0.6 is 0 Å². The molecule has 0 unspecified atom stereocenters. The van der Waals surface area contributed by atoms with Gasteiger partial charge in [-0.1, -0.05) is 0 Å². The number of carbonyl (C=O) groups excluding carboxylic acids is 1. The molecule has 0 aromatic carbocycles. The normalized spacial score (nSPS) is 9.12. The van der Waals surface area contributed by atoms with Crippen molar-refractivity contribution in [3.8, 4) is 0 Å². The van der Waals surface area contributed by atoms with E-state index in [1.165, 1.54) is 0 Å². The zero-order chi connectivity index (χ0) is 6.41. The Balaban J connectivity index is 2.82. The Morgan fingerprint density at radius 2 is 2.50 bits per heavy atom. The van der Waals surface area contributed by atoms with Gasteiger partial charge in [-0.3, -0.25) is 0 Å². The molecule has 0 heterocycles. The molecule has 0 saturated carbocycles. The van der Waals surface area contributed by atoms with Crippen LogP contribution in [-0.4, -0.2) is 28.4 Å². The van der Waals surface area contributed by atoms with Crippen molar-refractivity contribution in [1.29, 1.82) is 0 Å². The zero-order valence-corrected chi connectivity index (χ0v) is 6.26. The van der Waals surface area contributed by atoms with Crippen molar-refractivity contribution >= 4 is 21.3 Å². The summed E-state index contributed by atoms with van der Waals surface area (Å²) in [5, 5.41) is 10.3. The summed E-state index contributed by atoms with van der Waals surface area (Å²) in [6.45, 7) is 0. The van der Waals surface area contributed by atoms with Crippen molar-refractivity contribution in [2.45, 2.75) is 11.7 Å². The van der Waals surface area contributed by atoms with Crippen LogP contribution in [0.3, 0.4) is 0 Å². The van der Waals surface area contributed by atoms with E-state index in [1.807, 2.05) is 0 Å². The molecule has 0 aliphatic heterocycles. The van der Waals surface area contributed by atoms with Crippen LogP contribution in [0, 0.1) is 0 Å². The van der Waals surface area contributed by atoms with Crippen molar-refractivity contribution in [2.75, 3.05) is 7.11 Å². The second kappa shape index (κ2) is 5.09. The molecule has 0 amide bonds. The first-order valence-corrected chi connectivity index (χ1v) is 4.04. The molecular formula is C4H7O3Se-. The second-order valence-corrected chi connectivity index (χ2v) is 3.16. The van der Waals surface area contributed by atoms with Crippen molar-refractivity contribution < 1.29 is 13.7 Å². The van der Waals surface area contributed by atoms with E-state index >= 15 is 0 Å². The first-order chi connectivity index (χ1) is 3.77. The molecule has 0 spiro atoms. The van der Waals surface area contributed by atoms with E-state index in [4.69, 9.17) is 0 Å². The molecule has 0 rings (SSSR count). The molecule has 0 aromatic rings. The van der Waals surface area contributed by atoms with Crippen molar-refractivity contribution in [1.82, 2.24) is 0 Å². The molecule has 48 valence electrons. The summed E-state index contributed by atoms with van der Waals surface area (Å²) >= 11 is 0.0278. The third-order valence-corrected chi connectivity index (χ3v) is 1.78. The third-order valence-electron chi connectivity index (χ3n) is 0.507. The number of carboxylic acids is 1. The van der Waals surface area contributed by atoms with E-state index in [-0.39, 0.29) is 21.7 Å². The summed E-state index contributed by atoms with van der Waals surface area (Å²) in [6, 6.07) is 0. The zero-order valence-electron chi connectivity index (χ0n) is 4.55. The predicted octanol–water partition coefficient (Wildman–Crippen LogP) is -1.19. The quantitative estimate of drug-likeness (QED) is 0.405. The van der Waals surface area contributed by atoms with E-state index in [0.29, 0.717) is 5.32 Å². The first kappa shape index (κ1) is 7.95. The summed E-state index contributed by atoms with van der Waals surface area (Å²) in [6.07, 6.45) is 0.119. The van der Waals surface area contributed by atoms with Gasteiger partial charge in [0.05, 0.1) is 0 Å². The Labute approximate surface area is 54.5 Å². The van der Waals surface area contributed by atoms with Crippen molar-refractivity contribution in [2.24, 2.45) is 0 Å². The Hall–Kier alpha value is -0.0505. The van der Waals surface area contributed by atoms with E-state index in [1.54, 1.807) is 7.11 Å². The first-order valence-electron chi connectivity index (χ1n) is 2.13. The van der Waals surface area contributed by atoms with Crippen LogP contribution in [0.5, 0.6) is 0 Å². The fourth-order valence-corrected chi connectivity index (χ4v) is 1.08. The van der Waals surface area contributed by atoms with E-state index in [2.05, 4.69) is 3.82 Å². The predicted molar refractivity (Wildman–Crippen MR) is 27.2 cm³/mol. The molecule has 0 N–H and O–H groups in total. The Morgan fingerprint density at radius 1 is 1.88 bits per heavy atom. The molecule has 0 bridgehead atoms. The fraction of sp³-hybridized carbons (Fsp3) is 0.750. The van der Waals surface area contributed by atoms with Crippen LogP contribution in [0.15, 0.2) is 0 Å². The minimum atomic E-state index is -0.996. The van der Waals surface area contributed by atoms with Crippen LogP contribution < -0.4 is 5.11 Å². The molecule has 0 aliphatic rings. The van der Waals surface area contributed by atoms with Gasteiger partial charge < -0.3 is 0 Å².